The van der Waals surface area contributed by atoms with Gasteiger partial charge in [-0.05, 0) is 37.6 Å². The second-order valence-electron chi connectivity index (χ2n) is 4.97. The number of nitrogens with one attached hydrogen (secondary N) is 2. The minimum atomic E-state index is -0.123. The molecular weight excluding hydrogens is 176 g/mol. The Morgan fingerprint density at radius 2 is 2.29 bits per heavy atom. The average Bonchev–Trinajstić information content (AvgIpc) is 2.92. The van der Waals surface area contributed by atoms with E-state index in [9.17, 15) is 5.11 Å². The van der Waals surface area contributed by atoms with Crippen molar-refractivity contribution in [2.75, 3.05) is 19.6 Å². The number of β-amino-alcohol motifs (C(OH)–C–C–N with tert-alkyl or cyclic N) is 1. The first-order chi connectivity index (χ1) is 6.75. The third-order valence-corrected chi connectivity index (χ3v) is 3.48. The zero-order valence-corrected chi connectivity index (χ0v) is 9.00. The maximum atomic E-state index is 9.32. The molecule has 2 rings (SSSR count). The molecule has 0 aromatic heterocycles. The van der Waals surface area contributed by atoms with Gasteiger partial charge in [0.05, 0.1) is 6.10 Å². The van der Waals surface area contributed by atoms with Crippen molar-refractivity contribution in [3.8, 4) is 0 Å². The number of aliphatic hydroxyl groups is 1. The Morgan fingerprint density at radius 3 is 2.86 bits per heavy atom. The van der Waals surface area contributed by atoms with Crippen LogP contribution in [0.15, 0.2) is 0 Å². The second kappa shape index (κ2) is 4.60. The summed E-state index contributed by atoms with van der Waals surface area (Å²) in [6.45, 7) is 5.25. The summed E-state index contributed by atoms with van der Waals surface area (Å²) in [7, 11) is 0. The number of aliphatic hydroxyl groups excluding tert-OH is 1. The Bertz CT molecular complexity index is 182. The van der Waals surface area contributed by atoms with Gasteiger partial charge in [-0.1, -0.05) is 6.92 Å². The molecule has 1 aliphatic carbocycles. The molecule has 1 heterocycles. The van der Waals surface area contributed by atoms with Crippen molar-refractivity contribution in [1.82, 2.24) is 10.6 Å². The summed E-state index contributed by atoms with van der Waals surface area (Å²) in [6, 6.07) is 0.483. The molecule has 2 fully saturated rings. The summed E-state index contributed by atoms with van der Waals surface area (Å²) in [5.74, 6) is 1.82. The maximum absolute atomic E-state index is 9.32. The highest BCUT2D eigenvalue weighted by molar-refractivity contribution is 4.84. The molecule has 1 aliphatic heterocycles. The van der Waals surface area contributed by atoms with Gasteiger partial charge >= 0.3 is 0 Å². The van der Waals surface area contributed by atoms with Crippen LogP contribution in [0.5, 0.6) is 0 Å². The van der Waals surface area contributed by atoms with Crippen LogP contribution in [0.25, 0.3) is 0 Å². The zero-order chi connectivity index (χ0) is 9.97. The van der Waals surface area contributed by atoms with E-state index in [2.05, 4.69) is 17.6 Å². The fourth-order valence-corrected chi connectivity index (χ4v) is 2.27. The van der Waals surface area contributed by atoms with Crippen LogP contribution in [-0.4, -0.2) is 36.9 Å². The highest BCUT2D eigenvalue weighted by atomic mass is 16.3. The van der Waals surface area contributed by atoms with Crippen LogP contribution in [0, 0.1) is 11.8 Å². The van der Waals surface area contributed by atoms with Gasteiger partial charge in [0.25, 0.3) is 0 Å². The second-order valence-corrected chi connectivity index (χ2v) is 4.97. The fourth-order valence-electron chi connectivity index (χ4n) is 2.27. The van der Waals surface area contributed by atoms with Crippen LogP contribution in [-0.2, 0) is 0 Å². The van der Waals surface area contributed by atoms with Crippen molar-refractivity contribution >= 4 is 0 Å². The van der Waals surface area contributed by atoms with Crippen LogP contribution in [0.2, 0.25) is 0 Å². The molecule has 2 aliphatic rings. The SMILES string of the molecule is CC(CNCC1CC(O)CN1)C1CC1. The minimum Gasteiger partial charge on any atom is -0.392 e. The molecule has 82 valence electrons. The van der Waals surface area contributed by atoms with E-state index in [0.717, 1.165) is 37.9 Å². The van der Waals surface area contributed by atoms with Gasteiger partial charge in [0.2, 0.25) is 0 Å². The maximum Gasteiger partial charge on any atom is 0.0680 e. The number of hydrogen-bond acceptors (Lipinski definition) is 3. The predicted molar refractivity (Wildman–Crippen MR) is 57.2 cm³/mol. The van der Waals surface area contributed by atoms with Crippen molar-refractivity contribution in [3.63, 3.8) is 0 Å². The molecule has 3 nitrogen and oxygen atoms in total. The Hall–Kier alpha value is -0.120. The first-order valence-corrected chi connectivity index (χ1v) is 5.88. The highest BCUT2D eigenvalue weighted by Crippen LogP contribution is 2.35. The van der Waals surface area contributed by atoms with Crippen molar-refractivity contribution in [2.45, 2.75) is 38.3 Å². The molecule has 3 unspecified atom stereocenters. The Balaban J connectivity index is 1.54. The van der Waals surface area contributed by atoms with Gasteiger partial charge < -0.3 is 15.7 Å². The molecule has 3 N–H and O–H groups in total. The predicted octanol–water partition coefficient (Wildman–Crippen LogP) is 0.345. The number of hydrogen-bond donors (Lipinski definition) is 3. The number of rotatable bonds is 5. The molecule has 0 radical (unpaired) electrons. The average molecular weight is 198 g/mol. The lowest BCUT2D eigenvalue weighted by atomic mass is 10.1. The lowest BCUT2D eigenvalue weighted by molar-refractivity contribution is 0.193. The summed E-state index contributed by atoms with van der Waals surface area (Å²) in [5.41, 5.74) is 0. The molecule has 0 aromatic carbocycles. The Kier molecular flexibility index (Phi) is 3.42. The summed E-state index contributed by atoms with van der Waals surface area (Å²) in [6.07, 6.45) is 3.65. The quantitative estimate of drug-likeness (QED) is 0.597. The lowest BCUT2D eigenvalue weighted by Gasteiger charge is -2.14. The van der Waals surface area contributed by atoms with Gasteiger partial charge in [-0.25, -0.2) is 0 Å². The van der Waals surface area contributed by atoms with Crippen molar-refractivity contribution in [3.05, 3.63) is 0 Å². The molecule has 3 atom stereocenters. The lowest BCUT2D eigenvalue weighted by Crippen LogP contribution is -2.36. The van der Waals surface area contributed by atoms with Crippen LogP contribution in [0.1, 0.15) is 26.2 Å². The van der Waals surface area contributed by atoms with E-state index in [-0.39, 0.29) is 6.10 Å². The van der Waals surface area contributed by atoms with Crippen LogP contribution >= 0.6 is 0 Å². The van der Waals surface area contributed by atoms with Gasteiger partial charge in [0.15, 0.2) is 0 Å². The van der Waals surface area contributed by atoms with Gasteiger partial charge in [-0.3, -0.25) is 0 Å². The molecular formula is C11H22N2O. The van der Waals surface area contributed by atoms with Gasteiger partial charge in [0.1, 0.15) is 0 Å². The van der Waals surface area contributed by atoms with Crippen LogP contribution in [0.3, 0.4) is 0 Å². The summed E-state index contributed by atoms with van der Waals surface area (Å²) in [5, 5.41) is 16.1. The summed E-state index contributed by atoms with van der Waals surface area (Å²) >= 11 is 0. The summed E-state index contributed by atoms with van der Waals surface area (Å²) < 4.78 is 0. The first kappa shape index (κ1) is 10.4. The van der Waals surface area contributed by atoms with E-state index < -0.39 is 0 Å². The van der Waals surface area contributed by atoms with Crippen molar-refractivity contribution < 1.29 is 5.11 Å². The van der Waals surface area contributed by atoms with Gasteiger partial charge in [0, 0.05) is 19.1 Å². The molecule has 14 heavy (non-hydrogen) atoms. The van der Waals surface area contributed by atoms with E-state index in [4.69, 9.17) is 0 Å². The van der Waals surface area contributed by atoms with Gasteiger partial charge in [-0.2, -0.15) is 0 Å². The van der Waals surface area contributed by atoms with Crippen molar-refractivity contribution in [2.24, 2.45) is 11.8 Å². The topological polar surface area (TPSA) is 44.3 Å². The van der Waals surface area contributed by atoms with E-state index in [0.29, 0.717) is 6.04 Å². The molecule has 1 saturated heterocycles. The standard InChI is InChI=1S/C11H22N2O/c1-8(9-2-3-9)5-12-6-10-4-11(14)7-13-10/h8-14H,2-7H2,1H3. The van der Waals surface area contributed by atoms with E-state index in [1.165, 1.54) is 12.8 Å². The smallest absolute Gasteiger partial charge is 0.0680 e. The zero-order valence-electron chi connectivity index (χ0n) is 9.00. The van der Waals surface area contributed by atoms with Gasteiger partial charge in [-0.15, -0.1) is 0 Å². The van der Waals surface area contributed by atoms with Crippen molar-refractivity contribution in [1.29, 1.82) is 0 Å². The van der Waals surface area contributed by atoms with E-state index >= 15 is 0 Å². The minimum absolute atomic E-state index is 0.123. The largest absolute Gasteiger partial charge is 0.392 e. The molecule has 1 saturated carbocycles. The van der Waals surface area contributed by atoms with E-state index in [1.54, 1.807) is 0 Å². The first-order valence-electron chi connectivity index (χ1n) is 5.88. The molecule has 0 aromatic rings. The molecule has 0 spiro atoms. The molecule has 0 amide bonds. The fraction of sp³-hybridized carbons (Fsp3) is 1.00. The normalized spacial score (nSPS) is 34.7. The third kappa shape index (κ3) is 2.94. The van der Waals surface area contributed by atoms with Crippen LogP contribution < -0.4 is 10.6 Å². The Labute approximate surface area is 86.3 Å². The van der Waals surface area contributed by atoms with Crippen LogP contribution in [0.4, 0.5) is 0 Å². The third-order valence-electron chi connectivity index (χ3n) is 3.48. The molecule has 3 heteroatoms. The molecule has 0 bridgehead atoms. The van der Waals surface area contributed by atoms with E-state index in [1.807, 2.05) is 0 Å². The monoisotopic (exact) mass is 198 g/mol. The Morgan fingerprint density at radius 1 is 1.50 bits per heavy atom. The highest BCUT2D eigenvalue weighted by Gasteiger charge is 2.28. The summed E-state index contributed by atoms with van der Waals surface area (Å²) in [4.78, 5) is 0.